The molecule has 1 unspecified atom stereocenters. The number of esters is 1. The minimum Gasteiger partial charge on any atom is -0.464 e. The van der Waals surface area contributed by atoms with Gasteiger partial charge in [0.05, 0.1) is 6.61 Å². The van der Waals surface area contributed by atoms with Crippen molar-refractivity contribution >= 4 is 11.9 Å². The summed E-state index contributed by atoms with van der Waals surface area (Å²) in [6.07, 6.45) is 0. The number of hydrogen-bond acceptors (Lipinski definition) is 5. The second-order valence-electron chi connectivity index (χ2n) is 5.20. The van der Waals surface area contributed by atoms with Crippen LogP contribution in [-0.4, -0.2) is 39.7 Å². The number of nitrogens with one attached hydrogen (secondary N) is 2. The molecule has 0 fully saturated rings. The number of hydrogen-bond donors (Lipinski definition) is 2. The maximum Gasteiger partial charge on any atom is 0.328 e. The van der Waals surface area contributed by atoms with Gasteiger partial charge in [-0.2, -0.15) is 0 Å². The average Bonchev–Trinajstić information content (AvgIpc) is 2.78. The molecule has 0 radical (unpaired) electrons. The highest BCUT2D eigenvalue weighted by atomic mass is 16.5. The molecule has 0 spiro atoms. The molecule has 0 aliphatic heterocycles. The molecule has 1 atom stereocenters. The molecule has 19 heavy (non-hydrogen) atoms. The Kier molecular flexibility index (Phi) is 4.63. The van der Waals surface area contributed by atoms with E-state index < -0.39 is 17.9 Å². The van der Waals surface area contributed by atoms with E-state index in [9.17, 15) is 9.59 Å². The molecule has 106 valence electrons. The Morgan fingerprint density at radius 2 is 2.05 bits per heavy atom. The van der Waals surface area contributed by atoms with Crippen molar-refractivity contribution in [1.29, 1.82) is 0 Å². The summed E-state index contributed by atoms with van der Waals surface area (Å²) >= 11 is 0. The van der Waals surface area contributed by atoms with Gasteiger partial charge in [0.2, 0.25) is 5.82 Å². The number of rotatable bonds is 4. The predicted octanol–water partition coefficient (Wildman–Crippen LogP) is 0.784. The summed E-state index contributed by atoms with van der Waals surface area (Å²) in [6.45, 7) is 9.39. The van der Waals surface area contributed by atoms with Crippen molar-refractivity contribution in [3.8, 4) is 0 Å². The average molecular weight is 268 g/mol. The SMILES string of the molecule is CCOC(=O)C(C)NC(=O)c1n[nH]c(C(C)(C)C)n1. The van der Waals surface area contributed by atoms with Gasteiger partial charge in [-0.15, -0.1) is 5.10 Å². The monoisotopic (exact) mass is 268 g/mol. The van der Waals surface area contributed by atoms with Crippen LogP contribution in [0.4, 0.5) is 0 Å². The van der Waals surface area contributed by atoms with Crippen LogP contribution in [0.1, 0.15) is 51.1 Å². The largest absolute Gasteiger partial charge is 0.464 e. The first-order chi connectivity index (χ1) is 8.75. The molecule has 0 aliphatic rings. The molecule has 7 heteroatoms. The van der Waals surface area contributed by atoms with Gasteiger partial charge in [-0.3, -0.25) is 9.89 Å². The Morgan fingerprint density at radius 1 is 1.42 bits per heavy atom. The molecule has 1 aromatic heterocycles. The molecule has 1 aromatic rings. The van der Waals surface area contributed by atoms with E-state index >= 15 is 0 Å². The van der Waals surface area contributed by atoms with E-state index in [0.717, 1.165) is 0 Å². The Labute approximate surface area is 112 Å². The highest BCUT2D eigenvalue weighted by Crippen LogP contribution is 2.17. The van der Waals surface area contributed by atoms with Crippen LogP contribution in [0, 0.1) is 0 Å². The van der Waals surface area contributed by atoms with Gasteiger partial charge < -0.3 is 10.1 Å². The standard InChI is InChI=1S/C12H20N4O3/c1-6-19-10(18)7(2)13-9(17)8-14-11(16-15-8)12(3,4)5/h7H,6H2,1-5H3,(H,13,17)(H,14,15,16). The van der Waals surface area contributed by atoms with E-state index in [1.165, 1.54) is 0 Å². The lowest BCUT2D eigenvalue weighted by molar-refractivity contribution is -0.144. The second-order valence-corrected chi connectivity index (χ2v) is 5.20. The van der Waals surface area contributed by atoms with E-state index in [1.54, 1.807) is 13.8 Å². The lowest BCUT2D eigenvalue weighted by Gasteiger charge is -2.13. The van der Waals surface area contributed by atoms with Crippen molar-refractivity contribution in [2.45, 2.75) is 46.1 Å². The third-order valence-corrected chi connectivity index (χ3v) is 2.39. The maximum absolute atomic E-state index is 11.8. The topological polar surface area (TPSA) is 97.0 Å². The maximum atomic E-state index is 11.8. The van der Waals surface area contributed by atoms with E-state index in [-0.39, 0.29) is 17.8 Å². The van der Waals surface area contributed by atoms with Crippen LogP contribution in [0.2, 0.25) is 0 Å². The van der Waals surface area contributed by atoms with Gasteiger partial charge in [0.25, 0.3) is 5.91 Å². The molecule has 0 aliphatic carbocycles. The molecule has 2 N–H and O–H groups in total. The van der Waals surface area contributed by atoms with E-state index in [1.807, 2.05) is 20.8 Å². The Morgan fingerprint density at radius 3 is 2.53 bits per heavy atom. The van der Waals surface area contributed by atoms with Gasteiger partial charge in [-0.25, -0.2) is 9.78 Å². The first kappa shape index (κ1) is 15.1. The summed E-state index contributed by atoms with van der Waals surface area (Å²) in [5.41, 5.74) is -0.224. The Hall–Kier alpha value is -1.92. The van der Waals surface area contributed by atoms with Crippen LogP contribution < -0.4 is 5.32 Å². The van der Waals surface area contributed by atoms with Crippen molar-refractivity contribution in [1.82, 2.24) is 20.5 Å². The lowest BCUT2D eigenvalue weighted by atomic mass is 9.96. The number of ether oxygens (including phenoxy) is 1. The highest BCUT2D eigenvalue weighted by molar-refractivity contribution is 5.93. The zero-order chi connectivity index (χ0) is 14.6. The summed E-state index contributed by atoms with van der Waals surface area (Å²) in [4.78, 5) is 27.3. The number of carbonyl (C=O) groups excluding carboxylic acids is 2. The van der Waals surface area contributed by atoms with Gasteiger partial charge >= 0.3 is 5.97 Å². The Bertz CT molecular complexity index is 462. The molecule has 1 amide bonds. The Balaban J connectivity index is 2.69. The van der Waals surface area contributed by atoms with Crippen molar-refractivity contribution < 1.29 is 14.3 Å². The molecule has 0 aromatic carbocycles. The van der Waals surface area contributed by atoms with Crippen molar-refractivity contribution in [2.75, 3.05) is 6.61 Å². The van der Waals surface area contributed by atoms with Crippen molar-refractivity contribution in [2.24, 2.45) is 0 Å². The summed E-state index contributed by atoms with van der Waals surface area (Å²) in [6, 6.07) is -0.732. The summed E-state index contributed by atoms with van der Waals surface area (Å²) in [5, 5.41) is 9.04. The minimum atomic E-state index is -0.732. The summed E-state index contributed by atoms with van der Waals surface area (Å²) in [7, 11) is 0. The van der Waals surface area contributed by atoms with Gasteiger partial charge in [0, 0.05) is 5.41 Å². The van der Waals surface area contributed by atoms with E-state index in [4.69, 9.17) is 4.74 Å². The molecule has 0 saturated carbocycles. The highest BCUT2D eigenvalue weighted by Gasteiger charge is 2.23. The molecular formula is C12H20N4O3. The third kappa shape index (κ3) is 4.04. The summed E-state index contributed by atoms with van der Waals surface area (Å²) < 4.78 is 4.80. The number of H-pyrrole nitrogens is 1. The van der Waals surface area contributed by atoms with E-state index in [0.29, 0.717) is 5.82 Å². The van der Waals surface area contributed by atoms with Crippen LogP contribution >= 0.6 is 0 Å². The second kappa shape index (κ2) is 5.81. The molecule has 0 bridgehead atoms. The van der Waals surface area contributed by atoms with Crippen LogP contribution in [-0.2, 0) is 14.9 Å². The first-order valence-corrected chi connectivity index (χ1v) is 6.16. The van der Waals surface area contributed by atoms with Gasteiger partial charge in [0.15, 0.2) is 0 Å². The molecular weight excluding hydrogens is 248 g/mol. The molecule has 0 saturated heterocycles. The van der Waals surface area contributed by atoms with Gasteiger partial charge in [0.1, 0.15) is 11.9 Å². The minimum absolute atomic E-state index is 0.0149. The molecule has 1 rings (SSSR count). The van der Waals surface area contributed by atoms with Gasteiger partial charge in [-0.1, -0.05) is 20.8 Å². The third-order valence-electron chi connectivity index (χ3n) is 2.39. The fourth-order valence-electron chi connectivity index (χ4n) is 1.29. The van der Waals surface area contributed by atoms with Gasteiger partial charge in [-0.05, 0) is 13.8 Å². The van der Waals surface area contributed by atoms with Crippen LogP contribution in [0.25, 0.3) is 0 Å². The number of carbonyl (C=O) groups is 2. The lowest BCUT2D eigenvalue weighted by Crippen LogP contribution is -2.40. The normalized spacial score (nSPS) is 12.9. The fourth-order valence-corrected chi connectivity index (χ4v) is 1.29. The van der Waals surface area contributed by atoms with Crippen molar-refractivity contribution in [3.63, 3.8) is 0 Å². The smallest absolute Gasteiger partial charge is 0.328 e. The zero-order valence-electron chi connectivity index (χ0n) is 11.9. The number of aromatic nitrogens is 3. The molecule has 1 heterocycles. The zero-order valence-corrected chi connectivity index (χ0v) is 11.9. The van der Waals surface area contributed by atoms with E-state index in [2.05, 4.69) is 20.5 Å². The fraction of sp³-hybridized carbons (Fsp3) is 0.667. The number of nitrogens with zero attached hydrogens (tertiary/aromatic N) is 2. The van der Waals surface area contributed by atoms with Crippen LogP contribution in [0.5, 0.6) is 0 Å². The first-order valence-electron chi connectivity index (χ1n) is 6.16. The number of aromatic amines is 1. The quantitative estimate of drug-likeness (QED) is 0.787. The molecule has 7 nitrogen and oxygen atoms in total. The summed E-state index contributed by atoms with van der Waals surface area (Å²) in [5.74, 6) is -0.364. The van der Waals surface area contributed by atoms with Crippen LogP contribution in [0.3, 0.4) is 0 Å². The van der Waals surface area contributed by atoms with Crippen molar-refractivity contribution in [3.05, 3.63) is 11.6 Å². The van der Waals surface area contributed by atoms with Crippen LogP contribution in [0.15, 0.2) is 0 Å². The predicted molar refractivity (Wildman–Crippen MR) is 68.6 cm³/mol. The number of amides is 1.